The predicted molar refractivity (Wildman–Crippen MR) is 115 cm³/mol. The van der Waals surface area contributed by atoms with Crippen LogP contribution in [0.25, 0.3) is 11.0 Å². The van der Waals surface area contributed by atoms with Crippen molar-refractivity contribution in [1.29, 1.82) is 0 Å². The Hall–Kier alpha value is -2.92. The van der Waals surface area contributed by atoms with Gasteiger partial charge in [-0.25, -0.2) is 4.98 Å². The minimum Gasteiger partial charge on any atom is -0.352 e. The minimum absolute atomic E-state index is 0.0711. The second kappa shape index (κ2) is 8.40. The van der Waals surface area contributed by atoms with Gasteiger partial charge in [0.1, 0.15) is 5.82 Å². The van der Waals surface area contributed by atoms with Crippen LogP contribution in [0.4, 0.5) is 0 Å². The van der Waals surface area contributed by atoms with Gasteiger partial charge in [-0.2, -0.15) is 0 Å². The molecule has 0 aliphatic carbocycles. The molecule has 0 aliphatic heterocycles. The maximum absolute atomic E-state index is 12.3. The summed E-state index contributed by atoms with van der Waals surface area (Å²) >= 11 is 3.39. The molecule has 0 saturated heterocycles. The van der Waals surface area contributed by atoms with Gasteiger partial charge in [0.25, 0.3) is 5.91 Å². The molecule has 4 nitrogen and oxygen atoms in total. The lowest BCUT2D eigenvalue weighted by atomic mass is 10.2. The van der Waals surface area contributed by atoms with E-state index in [9.17, 15) is 4.79 Å². The number of rotatable bonds is 6. The van der Waals surface area contributed by atoms with E-state index in [2.05, 4.69) is 44.0 Å². The molecular formula is C23H20BrN3O. The van der Waals surface area contributed by atoms with E-state index >= 15 is 0 Å². The number of carbonyl (C=O) groups excluding carboxylic acids is 1. The highest BCUT2D eigenvalue weighted by molar-refractivity contribution is 9.10. The summed E-state index contributed by atoms with van der Waals surface area (Å²) < 4.78 is 3.19. The van der Waals surface area contributed by atoms with E-state index in [0.717, 1.165) is 27.9 Å². The number of fused-ring (bicyclic) bond motifs is 1. The van der Waals surface area contributed by atoms with Crippen molar-refractivity contribution in [2.75, 3.05) is 6.54 Å². The minimum atomic E-state index is -0.0711. The molecule has 1 heterocycles. The highest BCUT2D eigenvalue weighted by Crippen LogP contribution is 2.18. The third-order valence-electron chi connectivity index (χ3n) is 4.66. The third kappa shape index (κ3) is 4.15. The fraction of sp³-hybridized carbons (Fsp3) is 0.130. The first-order valence-corrected chi connectivity index (χ1v) is 10.0. The Morgan fingerprint density at radius 3 is 2.43 bits per heavy atom. The Morgan fingerprint density at radius 2 is 1.64 bits per heavy atom. The van der Waals surface area contributed by atoms with Crippen molar-refractivity contribution in [2.24, 2.45) is 0 Å². The standard InChI is InChI=1S/C23H20BrN3O/c24-19-12-10-18(11-13-19)23(28)25-15-14-22-26-20-8-4-5-9-21(20)27(22)16-17-6-2-1-3-7-17/h1-13H,14-16H2,(H,25,28). The van der Waals surface area contributed by atoms with Gasteiger partial charge in [0.05, 0.1) is 11.0 Å². The molecule has 0 fully saturated rings. The molecule has 28 heavy (non-hydrogen) atoms. The highest BCUT2D eigenvalue weighted by Gasteiger charge is 2.12. The SMILES string of the molecule is O=C(NCCc1nc2ccccc2n1Cc1ccccc1)c1ccc(Br)cc1. The van der Waals surface area contributed by atoms with Gasteiger partial charge in [0, 0.05) is 29.5 Å². The second-order valence-electron chi connectivity index (χ2n) is 6.60. The number of para-hydroxylation sites is 2. The molecule has 3 aromatic carbocycles. The monoisotopic (exact) mass is 433 g/mol. The third-order valence-corrected chi connectivity index (χ3v) is 5.19. The Bertz CT molecular complexity index is 1090. The van der Waals surface area contributed by atoms with Crippen molar-refractivity contribution in [3.05, 3.63) is 100 Å². The number of imidazole rings is 1. The zero-order chi connectivity index (χ0) is 19.3. The summed E-state index contributed by atoms with van der Waals surface area (Å²) in [7, 11) is 0. The molecule has 0 unspecified atom stereocenters. The van der Waals surface area contributed by atoms with Gasteiger partial charge in [-0.05, 0) is 42.0 Å². The van der Waals surface area contributed by atoms with Gasteiger partial charge < -0.3 is 9.88 Å². The average molecular weight is 434 g/mol. The largest absolute Gasteiger partial charge is 0.352 e. The number of benzene rings is 3. The smallest absolute Gasteiger partial charge is 0.251 e. The molecule has 0 radical (unpaired) electrons. The van der Waals surface area contributed by atoms with Crippen LogP contribution in [0.15, 0.2) is 83.3 Å². The summed E-state index contributed by atoms with van der Waals surface area (Å²) in [6.45, 7) is 1.30. The predicted octanol–water partition coefficient (Wildman–Crippen LogP) is 4.82. The van der Waals surface area contributed by atoms with E-state index in [4.69, 9.17) is 4.98 Å². The first-order chi connectivity index (χ1) is 13.7. The average Bonchev–Trinajstić information content (AvgIpc) is 3.07. The molecule has 0 atom stereocenters. The van der Waals surface area contributed by atoms with Gasteiger partial charge in [-0.3, -0.25) is 4.79 Å². The normalized spacial score (nSPS) is 10.9. The van der Waals surface area contributed by atoms with Crippen LogP contribution in [0.5, 0.6) is 0 Å². The molecule has 0 aliphatic rings. The summed E-state index contributed by atoms with van der Waals surface area (Å²) in [4.78, 5) is 17.1. The number of hydrogen-bond donors (Lipinski definition) is 1. The van der Waals surface area contributed by atoms with E-state index < -0.39 is 0 Å². The van der Waals surface area contributed by atoms with Crippen LogP contribution >= 0.6 is 15.9 Å². The maximum atomic E-state index is 12.3. The van der Waals surface area contributed by atoms with E-state index in [-0.39, 0.29) is 5.91 Å². The van der Waals surface area contributed by atoms with E-state index in [1.807, 2.05) is 60.7 Å². The Morgan fingerprint density at radius 1 is 0.929 bits per heavy atom. The van der Waals surface area contributed by atoms with E-state index in [0.29, 0.717) is 18.5 Å². The summed E-state index contributed by atoms with van der Waals surface area (Å²) in [6, 6.07) is 25.9. The van der Waals surface area contributed by atoms with Gasteiger partial charge in [0.15, 0.2) is 0 Å². The van der Waals surface area contributed by atoms with E-state index in [1.165, 1.54) is 5.56 Å². The zero-order valence-electron chi connectivity index (χ0n) is 15.3. The maximum Gasteiger partial charge on any atom is 0.251 e. The first kappa shape index (κ1) is 18.4. The van der Waals surface area contributed by atoms with E-state index in [1.54, 1.807) is 0 Å². The van der Waals surface area contributed by atoms with Crippen molar-refractivity contribution in [2.45, 2.75) is 13.0 Å². The molecule has 4 rings (SSSR count). The molecule has 0 saturated carbocycles. The lowest BCUT2D eigenvalue weighted by Crippen LogP contribution is -2.26. The van der Waals surface area contributed by atoms with Crippen molar-refractivity contribution in [1.82, 2.24) is 14.9 Å². The molecule has 5 heteroatoms. The van der Waals surface area contributed by atoms with Crippen molar-refractivity contribution < 1.29 is 4.79 Å². The molecular weight excluding hydrogens is 414 g/mol. The number of carbonyl (C=O) groups is 1. The molecule has 4 aromatic rings. The molecule has 1 N–H and O–H groups in total. The highest BCUT2D eigenvalue weighted by atomic mass is 79.9. The number of aromatic nitrogens is 2. The topological polar surface area (TPSA) is 46.9 Å². The Balaban J connectivity index is 1.51. The summed E-state index contributed by atoms with van der Waals surface area (Å²) in [5, 5.41) is 2.99. The number of nitrogens with one attached hydrogen (secondary N) is 1. The lowest BCUT2D eigenvalue weighted by molar-refractivity contribution is 0.0954. The van der Waals surface area contributed by atoms with Crippen LogP contribution in [0.1, 0.15) is 21.7 Å². The van der Waals surface area contributed by atoms with Crippen LogP contribution < -0.4 is 5.32 Å². The van der Waals surface area contributed by atoms with Gasteiger partial charge >= 0.3 is 0 Å². The van der Waals surface area contributed by atoms with Gasteiger partial charge in [-0.1, -0.05) is 58.4 Å². The molecule has 140 valence electrons. The Kier molecular flexibility index (Phi) is 5.53. The fourth-order valence-electron chi connectivity index (χ4n) is 3.25. The van der Waals surface area contributed by atoms with Crippen molar-refractivity contribution in [3.63, 3.8) is 0 Å². The summed E-state index contributed by atoms with van der Waals surface area (Å²) in [5.41, 5.74) is 3.97. The van der Waals surface area contributed by atoms with Crippen molar-refractivity contribution in [3.8, 4) is 0 Å². The molecule has 0 spiro atoms. The number of nitrogens with zero attached hydrogens (tertiary/aromatic N) is 2. The van der Waals surface area contributed by atoms with Gasteiger partial charge in [0.2, 0.25) is 0 Å². The molecule has 0 bridgehead atoms. The molecule has 1 aromatic heterocycles. The molecule has 1 amide bonds. The van der Waals surface area contributed by atoms with Crippen LogP contribution in [0.2, 0.25) is 0 Å². The van der Waals surface area contributed by atoms with Crippen LogP contribution in [-0.2, 0) is 13.0 Å². The lowest BCUT2D eigenvalue weighted by Gasteiger charge is -2.10. The number of halogens is 1. The van der Waals surface area contributed by atoms with Gasteiger partial charge in [-0.15, -0.1) is 0 Å². The van der Waals surface area contributed by atoms with Crippen LogP contribution in [0, 0.1) is 0 Å². The van der Waals surface area contributed by atoms with Crippen LogP contribution in [0.3, 0.4) is 0 Å². The second-order valence-corrected chi connectivity index (χ2v) is 7.52. The summed E-state index contributed by atoms with van der Waals surface area (Å²) in [6.07, 6.45) is 0.670. The first-order valence-electron chi connectivity index (χ1n) is 9.22. The Labute approximate surface area is 172 Å². The summed E-state index contributed by atoms with van der Waals surface area (Å²) in [5.74, 6) is 0.902. The zero-order valence-corrected chi connectivity index (χ0v) is 16.9. The number of amides is 1. The quantitative estimate of drug-likeness (QED) is 0.473. The number of hydrogen-bond acceptors (Lipinski definition) is 2. The van der Waals surface area contributed by atoms with Crippen LogP contribution in [-0.4, -0.2) is 22.0 Å². The van der Waals surface area contributed by atoms with Crippen molar-refractivity contribution >= 4 is 32.9 Å². The fourth-order valence-corrected chi connectivity index (χ4v) is 3.51.